The van der Waals surface area contributed by atoms with Crippen LogP contribution in [0.3, 0.4) is 0 Å². The molecule has 1 heterocycles. The zero-order chi connectivity index (χ0) is 13.0. The van der Waals surface area contributed by atoms with Crippen LogP contribution in [0.2, 0.25) is 5.02 Å². The molecule has 1 aliphatic heterocycles. The van der Waals surface area contributed by atoms with Gasteiger partial charge in [-0.1, -0.05) is 11.6 Å². The van der Waals surface area contributed by atoms with Crippen LogP contribution < -0.4 is 20.9 Å². The molecule has 0 bridgehead atoms. The van der Waals surface area contributed by atoms with E-state index < -0.39 is 0 Å². The summed E-state index contributed by atoms with van der Waals surface area (Å²) in [5, 5.41) is 7.69. The van der Waals surface area contributed by atoms with Gasteiger partial charge in [-0.05, 0) is 12.1 Å². The molecule has 1 aliphatic rings. The van der Waals surface area contributed by atoms with E-state index in [2.05, 4.69) is 10.2 Å². The molecule has 0 aromatic heterocycles. The van der Waals surface area contributed by atoms with Gasteiger partial charge in [-0.2, -0.15) is 5.10 Å². The lowest BCUT2D eigenvalue weighted by Crippen LogP contribution is -2.21. The van der Waals surface area contributed by atoms with Gasteiger partial charge in [-0.3, -0.25) is 0 Å². The minimum atomic E-state index is -0.105. The average molecular weight is 269 g/mol. The summed E-state index contributed by atoms with van der Waals surface area (Å²) < 4.78 is 11.0. The molecule has 6 nitrogen and oxygen atoms in total. The summed E-state index contributed by atoms with van der Waals surface area (Å²) >= 11 is 6.11. The summed E-state index contributed by atoms with van der Waals surface area (Å²) in [5.74, 6) is 1.06. The van der Waals surface area contributed by atoms with Crippen molar-refractivity contribution in [2.75, 3.05) is 13.2 Å². The first-order chi connectivity index (χ1) is 8.66. The van der Waals surface area contributed by atoms with Crippen molar-refractivity contribution in [3.8, 4) is 11.5 Å². The van der Waals surface area contributed by atoms with Gasteiger partial charge in [0, 0.05) is 12.0 Å². The molecular formula is C11H13ClN4O2. The number of hydrogen-bond acceptors (Lipinski definition) is 4. The smallest absolute Gasteiger partial charge is 0.211 e. The number of halogens is 1. The van der Waals surface area contributed by atoms with Gasteiger partial charge in [0.1, 0.15) is 0 Å². The highest BCUT2D eigenvalue weighted by atomic mass is 35.5. The van der Waals surface area contributed by atoms with E-state index in [-0.39, 0.29) is 5.96 Å². The molecule has 0 amide bonds. The molecule has 0 saturated heterocycles. The summed E-state index contributed by atoms with van der Waals surface area (Å²) in [7, 11) is 0. The molecule has 0 saturated carbocycles. The Balaban J connectivity index is 2.29. The second-order valence-corrected chi connectivity index (χ2v) is 4.06. The van der Waals surface area contributed by atoms with E-state index in [1.54, 1.807) is 12.1 Å². The third-order valence-electron chi connectivity index (χ3n) is 2.20. The van der Waals surface area contributed by atoms with Crippen molar-refractivity contribution in [3.63, 3.8) is 0 Å². The van der Waals surface area contributed by atoms with Gasteiger partial charge in [0.15, 0.2) is 11.5 Å². The monoisotopic (exact) mass is 268 g/mol. The van der Waals surface area contributed by atoms with E-state index >= 15 is 0 Å². The van der Waals surface area contributed by atoms with Gasteiger partial charge in [-0.15, -0.1) is 5.10 Å². The normalized spacial score (nSPS) is 14.3. The quantitative estimate of drug-likeness (QED) is 0.477. The molecule has 0 aliphatic carbocycles. The topological polar surface area (TPSA) is 95.2 Å². The minimum Gasteiger partial charge on any atom is -0.489 e. The van der Waals surface area contributed by atoms with E-state index in [1.807, 2.05) is 0 Å². The molecule has 4 N–H and O–H groups in total. The fourth-order valence-corrected chi connectivity index (χ4v) is 1.76. The van der Waals surface area contributed by atoms with E-state index in [1.165, 1.54) is 6.21 Å². The van der Waals surface area contributed by atoms with Crippen LogP contribution in [-0.2, 0) is 0 Å². The van der Waals surface area contributed by atoms with Crippen molar-refractivity contribution in [2.45, 2.75) is 6.42 Å². The highest BCUT2D eigenvalue weighted by Gasteiger charge is 2.14. The predicted molar refractivity (Wildman–Crippen MR) is 70.5 cm³/mol. The van der Waals surface area contributed by atoms with Gasteiger partial charge >= 0.3 is 0 Å². The molecule has 2 rings (SSSR count). The number of rotatable bonds is 2. The van der Waals surface area contributed by atoms with Crippen LogP contribution in [-0.4, -0.2) is 25.4 Å². The van der Waals surface area contributed by atoms with Crippen molar-refractivity contribution in [1.82, 2.24) is 0 Å². The van der Waals surface area contributed by atoms with Gasteiger partial charge < -0.3 is 20.9 Å². The summed E-state index contributed by atoms with van der Waals surface area (Å²) in [6.07, 6.45) is 2.31. The second kappa shape index (κ2) is 5.59. The minimum absolute atomic E-state index is 0.105. The first kappa shape index (κ1) is 12.5. The summed E-state index contributed by atoms with van der Waals surface area (Å²) in [6, 6.07) is 3.49. The lowest BCUT2D eigenvalue weighted by molar-refractivity contribution is 0.297. The van der Waals surface area contributed by atoms with Gasteiger partial charge in [0.2, 0.25) is 5.96 Å². The van der Waals surface area contributed by atoms with Crippen LogP contribution in [0.5, 0.6) is 11.5 Å². The van der Waals surface area contributed by atoms with Gasteiger partial charge in [0.05, 0.1) is 24.5 Å². The fourth-order valence-electron chi connectivity index (χ4n) is 1.49. The second-order valence-electron chi connectivity index (χ2n) is 3.65. The Labute approximate surface area is 109 Å². The van der Waals surface area contributed by atoms with Gasteiger partial charge in [0.25, 0.3) is 0 Å². The summed E-state index contributed by atoms with van der Waals surface area (Å²) in [4.78, 5) is 0. The highest BCUT2D eigenvalue weighted by Crippen LogP contribution is 2.37. The molecule has 0 unspecified atom stereocenters. The first-order valence-corrected chi connectivity index (χ1v) is 5.76. The van der Waals surface area contributed by atoms with Crippen molar-refractivity contribution in [1.29, 1.82) is 0 Å². The number of nitrogens with zero attached hydrogens (tertiary/aromatic N) is 2. The Morgan fingerprint density at radius 2 is 2.06 bits per heavy atom. The molecule has 0 spiro atoms. The summed E-state index contributed by atoms with van der Waals surface area (Å²) in [6.45, 7) is 1.19. The lowest BCUT2D eigenvalue weighted by atomic mass is 10.2. The molecule has 0 fully saturated rings. The maximum absolute atomic E-state index is 6.11. The van der Waals surface area contributed by atoms with Crippen molar-refractivity contribution >= 4 is 23.8 Å². The number of nitrogens with two attached hydrogens (primary N) is 2. The largest absolute Gasteiger partial charge is 0.489 e. The first-order valence-electron chi connectivity index (χ1n) is 5.38. The van der Waals surface area contributed by atoms with Crippen LogP contribution in [0.4, 0.5) is 0 Å². The molecule has 0 atom stereocenters. The van der Waals surface area contributed by atoms with E-state index in [0.29, 0.717) is 29.7 Å². The van der Waals surface area contributed by atoms with Crippen molar-refractivity contribution in [3.05, 3.63) is 22.7 Å². The van der Waals surface area contributed by atoms with Crippen LogP contribution in [0.15, 0.2) is 22.3 Å². The predicted octanol–water partition coefficient (Wildman–Crippen LogP) is 1.11. The fraction of sp³-hybridized carbons (Fsp3) is 0.273. The Morgan fingerprint density at radius 1 is 1.28 bits per heavy atom. The Kier molecular flexibility index (Phi) is 3.88. The van der Waals surface area contributed by atoms with Crippen LogP contribution in [0, 0.1) is 0 Å². The number of hydrogen-bond donors (Lipinski definition) is 2. The Hall–Kier alpha value is -1.95. The highest BCUT2D eigenvalue weighted by molar-refractivity contribution is 6.32. The van der Waals surface area contributed by atoms with E-state index in [0.717, 1.165) is 12.0 Å². The van der Waals surface area contributed by atoms with Crippen molar-refractivity contribution in [2.24, 2.45) is 21.7 Å². The van der Waals surface area contributed by atoms with Gasteiger partial charge in [-0.25, -0.2) is 0 Å². The van der Waals surface area contributed by atoms with Crippen LogP contribution in [0.1, 0.15) is 12.0 Å². The van der Waals surface area contributed by atoms with E-state index in [9.17, 15) is 0 Å². The maximum atomic E-state index is 6.11. The van der Waals surface area contributed by atoms with Crippen LogP contribution in [0.25, 0.3) is 0 Å². The maximum Gasteiger partial charge on any atom is 0.211 e. The lowest BCUT2D eigenvalue weighted by Gasteiger charge is -2.09. The van der Waals surface area contributed by atoms with Crippen LogP contribution >= 0.6 is 11.6 Å². The number of fused-ring (bicyclic) bond motifs is 1. The Bertz CT molecular complexity index is 498. The number of ether oxygens (including phenoxy) is 2. The van der Waals surface area contributed by atoms with Crippen molar-refractivity contribution < 1.29 is 9.47 Å². The Morgan fingerprint density at radius 3 is 2.83 bits per heavy atom. The standard InChI is InChI=1S/C11H13ClN4O2/c12-8-4-7(6-15-16-11(13)14)5-9-10(8)18-3-1-2-17-9/h4-6H,1-3H2,(H4,13,14,16)/b15-6+. The zero-order valence-corrected chi connectivity index (χ0v) is 10.4. The molecule has 0 radical (unpaired) electrons. The molecule has 7 heteroatoms. The number of guanidine groups is 1. The SMILES string of the molecule is NC(N)=N/N=C/c1cc(Cl)c2c(c1)OCCCO2. The third kappa shape index (κ3) is 3.04. The zero-order valence-electron chi connectivity index (χ0n) is 9.60. The summed E-state index contributed by atoms with van der Waals surface area (Å²) in [5.41, 5.74) is 11.1. The molecule has 1 aromatic rings. The molecule has 1 aromatic carbocycles. The van der Waals surface area contributed by atoms with E-state index in [4.69, 9.17) is 32.5 Å². The number of benzene rings is 1. The molecular weight excluding hydrogens is 256 g/mol. The molecule has 96 valence electrons. The third-order valence-corrected chi connectivity index (χ3v) is 2.49. The average Bonchev–Trinajstić information content (AvgIpc) is 2.54. The molecule has 18 heavy (non-hydrogen) atoms.